The molecule has 0 bridgehead atoms. The van der Waals surface area contributed by atoms with Gasteiger partial charge in [0, 0.05) is 22.7 Å². The first-order valence-electron chi connectivity index (χ1n) is 6.25. The predicted molar refractivity (Wildman–Crippen MR) is 76.2 cm³/mol. The molecule has 0 saturated carbocycles. The largest absolute Gasteiger partial charge is 0.496 e. The van der Waals surface area contributed by atoms with Crippen LogP contribution in [-0.2, 0) is 0 Å². The maximum absolute atomic E-state index is 13.8. The lowest BCUT2D eigenvalue weighted by atomic mass is 10.0. The van der Waals surface area contributed by atoms with Gasteiger partial charge in [0.25, 0.3) is 0 Å². The molecule has 1 heterocycles. The highest BCUT2D eigenvalue weighted by molar-refractivity contribution is 5.94. The average Bonchev–Trinajstić information content (AvgIpc) is 2.47. The molecule has 0 amide bonds. The molecule has 20 heavy (non-hydrogen) atoms. The normalized spacial score (nSPS) is 10.8. The summed E-state index contributed by atoms with van der Waals surface area (Å²) in [6.45, 7) is 1.81. The van der Waals surface area contributed by atoms with Crippen LogP contribution in [0.25, 0.3) is 22.0 Å². The van der Waals surface area contributed by atoms with Gasteiger partial charge in [0.15, 0.2) is 0 Å². The van der Waals surface area contributed by atoms with E-state index in [1.165, 1.54) is 12.1 Å². The molecule has 0 radical (unpaired) electrons. The summed E-state index contributed by atoms with van der Waals surface area (Å²) in [4.78, 5) is 8.55. The zero-order chi connectivity index (χ0) is 14.1. The maximum atomic E-state index is 13.8. The molecule has 0 aliphatic carbocycles. The number of aryl methyl sites for hydroxylation is 1. The van der Waals surface area contributed by atoms with Crippen LogP contribution in [0.1, 0.15) is 5.82 Å². The molecule has 100 valence electrons. The predicted octanol–water partition coefficient (Wildman–Crippen LogP) is 3.75. The Kier molecular flexibility index (Phi) is 3.06. The van der Waals surface area contributed by atoms with Gasteiger partial charge in [0.1, 0.15) is 17.4 Å². The van der Waals surface area contributed by atoms with Crippen molar-refractivity contribution < 1.29 is 9.13 Å². The second-order valence-electron chi connectivity index (χ2n) is 4.51. The summed E-state index contributed by atoms with van der Waals surface area (Å²) in [5.41, 5.74) is 2.25. The number of hydrogen-bond acceptors (Lipinski definition) is 3. The third-order valence-corrected chi connectivity index (χ3v) is 3.17. The minimum absolute atomic E-state index is 0.314. The fourth-order valence-electron chi connectivity index (χ4n) is 2.27. The van der Waals surface area contributed by atoms with E-state index in [-0.39, 0.29) is 5.82 Å². The number of fused-ring (bicyclic) bond motifs is 1. The Morgan fingerprint density at radius 2 is 1.90 bits per heavy atom. The average molecular weight is 268 g/mol. The van der Waals surface area contributed by atoms with Crippen molar-refractivity contribution in [1.82, 2.24) is 9.97 Å². The third kappa shape index (κ3) is 2.09. The zero-order valence-electron chi connectivity index (χ0n) is 11.2. The van der Waals surface area contributed by atoms with Gasteiger partial charge in [-0.3, -0.25) is 0 Å². The molecule has 0 atom stereocenters. The van der Waals surface area contributed by atoms with Gasteiger partial charge in [-0.2, -0.15) is 0 Å². The molecular formula is C16H13FN2O. The zero-order valence-corrected chi connectivity index (χ0v) is 11.2. The third-order valence-electron chi connectivity index (χ3n) is 3.17. The number of para-hydroxylation sites is 1. The molecule has 1 aromatic heterocycles. The van der Waals surface area contributed by atoms with Crippen molar-refractivity contribution in [1.29, 1.82) is 0 Å². The quantitative estimate of drug-likeness (QED) is 0.710. The number of benzene rings is 2. The SMILES string of the molecule is COc1ccccc1-c1cc(F)cc2cnc(C)nc12. The first-order valence-corrected chi connectivity index (χ1v) is 6.25. The number of hydrogen-bond donors (Lipinski definition) is 0. The summed E-state index contributed by atoms with van der Waals surface area (Å²) in [6.07, 6.45) is 1.64. The molecule has 0 N–H and O–H groups in total. The van der Waals surface area contributed by atoms with Crippen molar-refractivity contribution in [3.8, 4) is 16.9 Å². The van der Waals surface area contributed by atoms with Crippen LogP contribution in [0.3, 0.4) is 0 Å². The number of methoxy groups -OCH3 is 1. The standard InChI is InChI=1S/C16H13FN2O/c1-10-18-9-11-7-12(17)8-14(16(11)19-10)13-5-3-4-6-15(13)20-2/h3-9H,1-2H3. The lowest BCUT2D eigenvalue weighted by molar-refractivity contribution is 0.416. The van der Waals surface area contributed by atoms with E-state index in [0.29, 0.717) is 22.5 Å². The molecule has 0 unspecified atom stereocenters. The van der Waals surface area contributed by atoms with E-state index in [1.807, 2.05) is 31.2 Å². The number of ether oxygens (including phenoxy) is 1. The minimum atomic E-state index is -0.314. The van der Waals surface area contributed by atoms with Gasteiger partial charge in [-0.1, -0.05) is 18.2 Å². The van der Waals surface area contributed by atoms with Crippen LogP contribution in [-0.4, -0.2) is 17.1 Å². The summed E-state index contributed by atoms with van der Waals surface area (Å²) in [7, 11) is 1.60. The van der Waals surface area contributed by atoms with E-state index in [2.05, 4.69) is 9.97 Å². The van der Waals surface area contributed by atoms with E-state index in [0.717, 1.165) is 11.1 Å². The lowest BCUT2D eigenvalue weighted by Crippen LogP contribution is -1.94. The van der Waals surface area contributed by atoms with Crippen LogP contribution >= 0.6 is 0 Å². The maximum Gasteiger partial charge on any atom is 0.126 e. The van der Waals surface area contributed by atoms with Gasteiger partial charge in [-0.25, -0.2) is 14.4 Å². The van der Waals surface area contributed by atoms with E-state index in [4.69, 9.17) is 4.74 Å². The summed E-state index contributed by atoms with van der Waals surface area (Å²) in [6, 6.07) is 10.4. The van der Waals surface area contributed by atoms with Gasteiger partial charge in [-0.05, 0) is 25.1 Å². The van der Waals surface area contributed by atoms with Crippen molar-refractivity contribution in [2.75, 3.05) is 7.11 Å². The fourth-order valence-corrected chi connectivity index (χ4v) is 2.27. The van der Waals surface area contributed by atoms with Crippen LogP contribution in [0, 0.1) is 12.7 Å². The molecule has 2 aromatic carbocycles. The second-order valence-corrected chi connectivity index (χ2v) is 4.51. The molecule has 0 aliphatic heterocycles. The minimum Gasteiger partial charge on any atom is -0.496 e. The number of rotatable bonds is 2. The van der Waals surface area contributed by atoms with E-state index in [1.54, 1.807) is 13.3 Å². The van der Waals surface area contributed by atoms with E-state index in [9.17, 15) is 4.39 Å². The Balaban J connectivity index is 2.37. The molecule has 3 rings (SSSR count). The smallest absolute Gasteiger partial charge is 0.126 e. The molecule has 0 spiro atoms. The Bertz CT molecular complexity index is 787. The van der Waals surface area contributed by atoms with Gasteiger partial charge in [0.05, 0.1) is 12.6 Å². The molecular weight excluding hydrogens is 255 g/mol. The highest BCUT2D eigenvalue weighted by Gasteiger charge is 2.12. The van der Waals surface area contributed by atoms with Gasteiger partial charge < -0.3 is 4.74 Å². The van der Waals surface area contributed by atoms with Gasteiger partial charge in [0.2, 0.25) is 0 Å². The fraction of sp³-hybridized carbons (Fsp3) is 0.125. The summed E-state index contributed by atoms with van der Waals surface area (Å²) < 4.78 is 19.2. The van der Waals surface area contributed by atoms with Crippen molar-refractivity contribution in [2.24, 2.45) is 0 Å². The van der Waals surface area contributed by atoms with Crippen LogP contribution < -0.4 is 4.74 Å². The van der Waals surface area contributed by atoms with Crippen molar-refractivity contribution in [2.45, 2.75) is 6.92 Å². The number of aromatic nitrogens is 2. The Morgan fingerprint density at radius 1 is 1.10 bits per heavy atom. The van der Waals surface area contributed by atoms with Crippen LogP contribution in [0.5, 0.6) is 5.75 Å². The second kappa shape index (κ2) is 4.89. The van der Waals surface area contributed by atoms with Gasteiger partial charge >= 0.3 is 0 Å². The van der Waals surface area contributed by atoms with Crippen LogP contribution in [0.2, 0.25) is 0 Å². The van der Waals surface area contributed by atoms with E-state index < -0.39 is 0 Å². The summed E-state index contributed by atoms with van der Waals surface area (Å²) in [5, 5.41) is 0.677. The molecule has 0 fully saturated rings. The first-order chi connectivity index (χ1) is 9.69. The van der Waals surface area contributed by atoms with E-state index >= 15 is 0 Å². The van der Waals surface area contributed by atoms with Crippen LogP contribution in [0.4, 0.5) is 4.39 Å². The van der Waals surface area contributed by atoms with Gasteiger partial charge in [-0.15, -0.1) is 0 Å². The van der Waals surface area contributed by atoms with Crippen molar-refractivity contribution in [3.63, 3.8) is 0 Å². The topological polar surface area (TPSA) is 35.0 Å². The highest BCUT2D eigenvalue weighted by Crippen LogP contribution is 2.34. The van der Waals surface area contributed by atoms with Crippen molar-refractivity contribution >= 4 is 10.9 Å². The summed E-state index contributed by atoms with van der Waals surface area (Å²) in [5.74, 6) is 1.03. The lowest BCUT2D eigenvalue weighted by Gasteiger charge is -2.11. The molecule has 0 aliphatic rings. The van der Waals surface area contributed by atoms with Crippen LogP contribution in [0.15, 0.2) is 42.6 Å². The molecule has 0 saturated heterocycles. The Morgan fingerprint density at radius 3 is 2.70 bits per heavy atom. The summed E-state index contributed by atoms with van der Waals surface area (Å²) >= 11 is 0. The molecule has 4 heteroatoms. The Labute approximate surface area is 116 Å². The first kappa shape index (κ1) is 12.5. The monoisotopic (exact) mass is 268 g/mol. The Hall–Kier alpha value is -2.49. The molecule has 3 nitrogen and oxygen atoms in total. The highest BCUT2D eigenvalue weighted by atomic mass is 19.1. The molecule has 3 aromatic rings. The number of nitrogens with zero attached hydrogens (tertiary/aromatic N) is 2. The van der Waals surface area contributed by atoms with Crippen molar-refractivity contribution in [3.05, 3.63) is 54.2 Å². The number of halogens is 1.